The van der Waals surface area contributed by atoms with Crippen LogP contribution >= 0.6 is 0 Å². The molecule has 29 heavy (non-hydrogen) atoms. The highest BCUT2D eigenvalue weighted by atomic mass is 14.8. The first kappa shape index (κ1) is 20.3. The van der Waals surface area contributed by atoms with Crippen LogP contribution in [0.25, 0.3) is 10.9 Å². The van der Waals surface area contributed by atoms with E-state index in [0.29, 0.717) is 0 Å². The summed E-state index contributed by atoms with van der Waals surface area (Å²) in [4.78, 5) is 8.15. The molecule has 2 aromatic carbocycles. The van der Waals surface area contributed by atoms with Crippen molar-refractivity contribution in [2.45, 2.75) is 26.7 Å². The number of nitrogens with one attached hydrogen (secondary N) is 1. The first-order valence-electron chi connectivity index (χ1n) is 9.99. The van der Waals surface area contributed by atoms with Gasteiger partial charge in [-0.25, -0.2) is 0 Å². The number of aryl methyl sites for hydroxylation is 2. The lowest BCUT2D eigenvalue weighted by atomic mass is 10.0. The molecule has 0 spiro atoms. The molecule has 146 valence electrons. The maximum atomic E-state index is 4.77. The van der Waals surface area contributed by atoms with Gasteiger partial charge in [0.2, 0.25) is 0 Å². The second-order valence-corrected chi connectivity index (χ2v) is 7.08. The third kappa shape index (κ3) is 5.79. The summed E-state index contributed by atoms with van der Waals surface area (Å²) in [5.74, 6) is 0. The molecule has 3 aromatic rings. The SMILES string of the molecule is C=C/C=C/C=C\C=C(/C)N=C(C)c1c[nH]c2ccc(CCc3ccccc3)cc12. The third-order valence-corrected chi connectivity index (χ3v) is 4.83. The number of nitrogens with zero attached hydrogens (tertiary/aromatic N) is 1. The molecule has 0 fully saturated rings. The van der Waals surface area contributed by atoms with E-state index in [1.165, 1.54) is 16.5 Å². The van der Waals surface area contributed by atoms with Gasteiger partial charge in [-0.05, 0) is 56.0 Å². The lowest BCUT2D eigenvalue weighted by Crippen LogP contribution is -1.95. The molecule has 2 nitrogen and oxygen atoms in total. The summed E-state index contributed by atoms with van der Waals surface area (Å²) in [7, 11) is 0. The second-order valence-electron chi connectivity index (χ2n) is 7.08. The fourth-order valence-electron chi connectivity index (χ4n) is 3.32. The van der Waals surface area contributed by atoms with E-state index in [2.05, 4.69) is 73.2 Å². The van der Waals surface area contributed by atoms with Crippen LogP contribution in [0.15, 0.2) is 108 Å². The van der Waals surface area contributed by atoms with E-state index >= 15 is 0 Å². The van der Waals surface area contributed by atoms with E-state index in [0.717, 1.165) is 35.3 Å². The van der Waals surface area contributed by atoms with Crippen LogP contribution in [-0.4, -0.2) is 10.7 Å². The Hall–Kier alpha value is -3.39. The zero-order chi connectivity index (χ0) is 20.5. The van der Waals surface area contributed by atoms with Gasteiger partial charge in [-0.15, -0.1) is 0 Å². The largest absolute Gasteiger partial charge is 0.360 e. The van der Waals surface area contributed by atoms with Crippen LogP contribution < -0.4 is 0 Å². The van der Waals surface area contributed by atoms with Crippen molar-refractivity contribution in [3.05, 3.63) is 120 Å². The number of fused-ring (bicyclic) bond motifs is 1. The smallest absolute Gasteiger partial charge is 0.0469 e. The average Bonchev–Trinajstić information content (AvgIpc) is 3.16. The van der Waals surface area contributed by atoms with E-state index in [4.69, 9.17) is 4.99 Å². The summed E-state index contributed by atoms with van der Waals surface area (Å²) in [6.45, 7) is 7.74. The third-order valence-electron chi connectivity index (χ3n) is 4.83. The van der Waals surface area contributed by atoms with Gasteiger partial charge in [-0.1, -0.05) is 73.4 Å². The first-order valence-corrected chi connectivity index (χ1v) is 9.99. The fraction of sp³-hybridized carbons (Fsp3) is 0.148. The Kier molecular flexibility index (Phi) is 7.18. The maximum absolute atomic E-state index is 4.77. The minimum absolute atomic E-state index is 0.973. The minimum Gasteiger partial charge on any atom is -0.360 e. The summed E-state index contributed by atoms with van der Waals surface area (Å²) in [5, 5.41) is 1.23. The van der Waals surface area contributed by atoms with Gasteiger partial charge in [0, 0.05) is 34.1 Å². The highest BCUT2D eigenvalue weighted by Crippen LogP contribution is 2.22. The van der Waals surface area contributed by atoms with Crippen molar-refractivity contribution in [3.8, 4) is 0 Å². The zero-order valence-corrected chi connectivity index (χ0v) is 17.2. The van der Waals surface area contributed by atoms with Gasteiger partial charge in [0.05, 0.1) is 0 Å². The molecular formula is C27H28N2. The fourth-order valence-corrected chi connectivity index (χ4v) is 3.32. The molecule has 3 rings (SSSR count). The summed E-state index contributed by atoms with van der Waals surface area (Å²) >= 11 is 0. The van der Waals surface area contributed by atoms with Gasteiger partial charge >= 0.3 is 0 Å². The van der Waals surface area contributed by atoms with Crippen LogP contribution in [-0.2, 0) is 12.8 Å². The van der Waals surface area contributed by atoms with Crippen molar-refractivity contribution in [3.63, 3.8) is 0 Å². The number of aliphatic imine (C=N–C) groups is 1. The zero-order valence-electron chi connectivity index (χ0n) is 17.2. The summed E-state index contributed by atoms with van der Waals surface area (Å²) in [5.41, 5.74) is 7.01. The monoisotopic (exact) mass is 380 g/mol. The Morgan fingerprint density at radius 3 is 2.48 bits per heavy atom. The molecule has 0 atom stereocenters. The Morgan fingerprint density at radius 1 is 0.931 bits per heavy atom. The molecule has 1 aromatic heterocycles. The summed E-state index contributed by atoms with van der Waals surface area (Å²) in [6, 6.07) is 17.3. The highest BCUT2D eigenvalue weighted by molar-refractivity contribution is 6.10. The van der Waals surface area contributed by atoms with Crippen molar-refractivity contribution < 1.29 is 0 Å². The number of hydrogen-bond acceptors (Lipinski definition) is 1. The van der Waals surface area contributed by atoms with Gasteiger partial charge in [0.25, 0.3) is 0 Å². The number of H-pyrrole nitrogens is 1. The normalized spacial score (nSPS) is 13.0. The van der Waals surface area contributed by atoms with Crippen molar-refractivity contribution >= 4 is 16.6 Å². The quantitative estimate of drug-likeness (QED) is 0.323. The summed E-state index contributed by atoms with van der Waals surface area (Å²) < 4.78 is 0. The van der Waals surface area contributed by atoms with Crippen LogP contribution in [0.3, 0.4) is 0 Å². The van der Waals surface area contributed by atoms with Crippen LogP contribution in [0, 0.1) is 0 Å². The number of aromatic nitrogens is 1. The average molecular weight is 381 g/mol. The highest BCUT2D eigenvalue weighted by Gasteiger charge is 2.08. The van der Waals surface area contributed by atoms with E-state index in [1.807, 2.05) is 37.3 Å². The molecule has 1 heterocycles. The van der Waals surface area contributed by atoms with Crippen LogP contribution in [0.1, 0.15) is 30.5 Å². The number of benzene rings is 2. The Labute approximate surface area is 173 Å². The number of aromatic amines is 1. The maximum Gasteiger partial charge on any atom is 0.0469 e. The molecule has 0 aliphatic rings. The first-order chi connectivity index (χ1) is 14.2. The van der Waals surface area contributed by atoms with Crippen molar-refractivity contribution in [2.24, 2.45) is 4.99 Å². The molecule has 0 radical (unpaired) electrons. The van der Waals surface area contributed by atoms with E-state index in [-0.39, 0.29) is 0 Å². The number of hydrogen-bond donors (Lipinski definition) is 1. The van der Waals surface area contributed by atoms with Crippen molar-refractivity contribution in [1.29, 1.82) is 0 Å². The molecular weight excluding hydrogens is 352 g/mol. The van der Waals surface area contributed by atoms with Crippen LogP contribution in [0.4, 0.5) is 0 Å². The van der Waals surface area contributed by atoms with E-state index < -0.39 is 0 Å². The van der Waals surface area contributed by atoms with Crippen molar-refractivity contribution in [1.82, 2.24) is 4.98 Å². The Morgan fingerprint density at radius 2 is 1.69 bits per heavy atom. The Balaban J connectivity index is 1.78. The van der Waals surface area contributed by atoms with Crippen LogP contribution in [0.2, 0.25) is 0 Å². The molecule has 0 unspecified atom stereocenters. The lowest BCUT2D eigenvalue weighted by molar-refractivity contribution is 0.962. The van der Waals surface area contributed by atoms with Gasteiger partial charge in [0.1, 0.15) is 0 Å². The van der Waals surface area contributed by atoms with Crippen molar-refractivity contribution in [2.75, 3.05) is 0 Å². The standard InChI is InChI=1S/C27H28N2/c1-4-5-6-7-9-12-21(2)29-22(3)26-20-28-27-18-17-24(19-25(26)27)16-15-23-13-10-8-11-14-23/h4-14,17-20,28H,1,15-16H2,2-3H3/b6-5+,9-7-,21-12+,29-22?. The molecule has 0 aliphatic carbocycles. The molecule has 0 saturated carbocycles. The molecule has 0 bridgehead atoms. The van der Waals surface area contributed by atoms with E-state index in [1.54, 1.807) is 6.08 Å². The van der Waals surface area contributed by atoms with Gasteiger partial charge in [0.15, 0.2) is 0 Å². The van der Waals surface area contributed by atoms with Gasteiger partial charge in [-0.2, -0.15) is 0 Å². The van der Waals surface area contributed by atoms with E-state index in [9.17, 15) is 0 Å². The Bertz CT molecular complexity index is 1080. The predicted octanol–water partition coefficient (Wildman–Crippen LogP) is 6.96. The van der Waals surface area contributed by atoms with Gasteiger partial charge < -0.3 is 4.98 Å². The number of rotatable bonds is 8. The lowest BCUT2D eigenvalue weighted by Gasteiger charge is -2.04. The van der Waals surface area contributed by atoms with Gasteiger partial charge in [-0.3, -0.25) is 4.99 Å². The molecule has 0 saturated heterocycles. The molecule has 1 N–H and O–H groups in total. The molecule has 0 aliphatic heterocycles. The minimum atomic E-state index is 0.973. The predicted molar refractivity (Wildman–Crippen MR) is 127 cm³/mol. The topological polar surface area (TPSA) is 28.1 Å². The number of allylic oxidation sites excluding steroid dienone is 7. The van der Waals surface area contributed by atoms with Crippen LogP contribution in [0.5, 0.6) is 0 Å². The summed E-state index contributed by atoms with van der Waals surface area (Å²) in [6.07, 6.45) is 15.7. The molecule has 0 amide bonds. The molecule has 2 heteroatoms. The second kappa shape index (κ2) is 10.2.